The van der Waals surface area contributed by atoms with Gasteiger partial charge >= 0.3 is 0 Å². The Hall–Kier alpha value is -2.47. The summed E-state index contributed by atoms with van der Waals surface area (Å²) in [6.45, 7) is 2.88. The van der Waals surface area contributed by atoms with Gasteiger partial charge in [-0.15, -0.1) is 0 Å². The van der Waals surface area contributed by atoms with Gasteiger partial charge < -0.3 is 14.4 Å². The topological polar surface area (TPSA) is 51.7 Å². The number of hydrogen-bond acceptors (Lipinski definition) is 4. The highest BCUT2D eigenvalue weighted by Crippen LogP contribution is 2.39. The summed E-state index contributed by atoms with van der Waals surface area (Å²) >= 11 is 0. The van der Waals surface area contributed by atoms with Crippen LogP contribution in [-0.2, 0) is 16.0 Å². The fourth-order valence-electron chi connectivity index (χ4n) is 4.60. The molecule has 2 aliphatic heterocycles. The first-order valence-corrected chi connectivity index (χ1v) is 10.8. The van der Waals surface area contributed by atoms with Gasteiger partial charge in [-0.1, -0.05) is 12.1 Å². The third-order valence-electron chi connectivity index (χ3n) is 6.31. The van der Waals surface area contributed by atoms with Crippen LogP contribution < -0.4 is 4.74 Å². The summed E-state index contributed by atoms with van der Waals surface area (Å²) < 4.78 is 25.4. The molecule has 2 aromatic rings. The van der Waals surface area contributed by atoms with Gasteiger partial charge in [-0.05, 0) is 67.9 Å². The van der Waals surface area contributed by atoms with Crippen molar-refractivity contribution in [1.29, 1.82) is 0 Å². The Morgan fingerprint density at radius 1 is 1.23 bits per heavy atom. The minimum Gasteiger partial charge on any atom is -0.493 e. The van der Waals surface area contributed by atoms with E-state index < -0.39 is 0 Å². The van der Waals surface area contributed by atoms with Crippen molar-refractivity contribution in [1.82, 2.24) is 9.88 Å². The normalized spacial score (nSPS) is 20.8. The van der Waals surface area contributed by atoms with Gasteiger partial charge in [-0.2, -0.15) is 0 Å². The lowest BCUT2D eigenvalue weighted by Crippen LogP contribution is -2.51. The van der Waals surface area contributed by atoms with E-state index in [1.165, 1.54) is 12.1 Å². The number of nitrogens with zero attached hydrogens (tertiary/aromatic N) is 2. The minimum absolute atomic E-state index is 0.0635. The third-order valence-corrected chi connectivity index (χ3v) is 6.31. The molecule has 1 aromatic carbocycles. The zero-order chi connectivity index (χ0) is 20.8. The molecule has 4 rings (SSSR count). The molecular formula is C24H29FN2O3. The highest BCUT2D eigenvalue weighted by atomic mass is 19.1. The second-order valence-electron chi connectivity index (χ2n) is 8.40. The van der Waals surface area contributed by atoms with Gasteiger partial charge in [0.15, 0.2) is 0 Å². The molecule has 0 bridgehead atoms. The number of pyridine rings is 1. The zero-order valence-corrected chi connectivity index (χ0v) is 17.3. The molecule has 0 saturated carbocycles. The lowest BCUT2D eigenvalue weighted by atomic mass is 9.78. The molecule has 30 heavy (non-hydrogen) atoms. The number of carbonyl (C=O) groups is 1. The molecule has 1 spiro atoms. The Kier molecular flexibility index (Phi) is 6.62. The van der Waals surface area contributed by atoms with Gasteiger partial charge in [0.25, 0.3) is 0 Å². The molecule has 2 saturated heterocycles. The van der Waals surface area contributed by atoms with Crippen molar-refractivity contribution < 1.29 is 18.7 Å². The number of hydrogen-bond donors (Lipinski definition) is 0. The summed E-state index contributed by atoms with van der Waals surface area (Å²) in [4.78, 5) is 18.5. The zero-order valence-electron chi connectivity index (χ0n) is 17.3. The van der Waals surface area contributed by atoms with E-state index >= 15 is 0 Å². The molecule has 2 fully saturated rings. The van der Waals surface area contributed by atoms with Crippen LogP contribution in [0.1, 0.15) is 37.7 Å². The van der Waals surface area contributed by atoms with Gasteiger partial charge in [-0.3, -0.25) is 9.78 Å². The predicted molar refractivity (Wildman–Crippen MR) is 112 cm³/mol. The van der Waals surface area contributed by atoms with E-state index in [4.69, 9.17) is 9.47 Å². The molecule has 160 valence electrons. The summed E-state index contributed by atoms with van der Waals surface area (Å²) in [7, 11) is 0. The Labute approximate surface area is 177 Å². The van der Waals surface area contributed by atoms with Crippen molar-refractivity contribution in [2.45, 2.75) is 44.1 Å². The van der Waals surface area contributed by atoms with E-state index in [0.29, 0.717) is 25.6 Å². The van der Waals surface area contributed by atoms with E-state index in [1.54, 1.807) is 24.5 Å². The molecule has 1 amide bonds. The summed E-state index contributed by atoms with van der Waals surface area (Å²) in [5, 5.41) is 0. The van der Waals surface area contributed by atoms with Gasteiger partial charge in [0.1, 0.15) is 11.6 Å². The average molecular weight is 413 g/mol. The fourth-order valence-corrected chi connectivity index (χ4v) is 4.60. The van der Waals surface area contributed by atoms with Crippen molar-refractivity contribution in [3.8, 4) is 5.75 Å². The highest BCUT2D eigenvalue weighted by Gasteiger charge is 2.40. The van der Waals surface area contributed by atoms with Crippen molar-refractivity contribution >= 4 is 5.91 Å². The number of likely N-dealkylation sites (tertiary alicyclic amines) is 1. The monoisotopic (exact) mass is 412 g/mol. The first-order chi connectivity index (χ1) is 14.6. The predicted octanol–water partition coefficient (Wildman–Crippen LogP) is 4.02. The fraction of sp³-hybridized carbons (Fsp3) is 0.500. The average Bonchev–Trinajstić information content (AvgIpc) is 2.75. The molecular weight excluding hydrogens is 383 g/mol. The maximum absolute atomic E-state index is 13.4. The second kappa shape index (κ2) is 9.56. The number of halogens is 1. The van der Waals surface area contributed by atoms with E-state index in [1.807, 2.05) is 17.0 Å². The van der Waals surface area contributed by atoms with E-state index in [-0.39, 0.29) is 23.7 Å². The molecule has 5 nitrogen and oxygen atoms in total. The van der Waals surface area contributed by atoms with E-state index in [9.17, 15) is 9.18 Å². The van der Waals surface area contributed by atoms with Crippen LogP contribution in [0.2, 0.25) is 0 Å². The van der Waals surface area contributed by atoms with Crippen LogP contribution in [0.5, 0.6) is 5.75 Å². The number of amides is 1. The van der Waals surface area contributed by atoms with Crippen LogP contribution in [0.25, 0.3) is 0 Å². The number of ether oxygens (including phenoxy) is 2. The molecule has 6 heteroatoms. The first-order valence-electron chi connectivity index (χ1n) is 10.8. The van der Waals surface area contributed by atoms with Crippen LogP contribution in [0, 0.1) is 11.7 Å². The SMILES string of the molecule is O=C(Cc1cccc(F)c1)N1CCC2(CC1)CC(CCOc1ccncc1)CCO2. The van der Waals surface area contributed by atoms with Crippen LogP contribution in [-0.4, -0.2) is 47.7 Å². The molecule has 1 aromatic heterocycles. The molecule has 1 unspecified atom stereocenters. The van der Waals surface area contributed by atoms with Crippen LogP contribution >= 0.6 is 0 Å². The third kappa shape index (κ3) is 5.36. The van der Waals surface area contributed by atoms with Gasteiger partial charge in [0, 0.05) is 32.1 Å². The number of aromatic nitrogens is 1. The molecule has 3 heterocycles. The molecule has 1 atom stereocenters. The summed E-state index contributed by atoms with van der Waals surface area (Å²) in [5.41, 5.74) is 0.610. The van der Waals surface area contributed by atoms with Crippen molar-refractivity contribution in [2.24, 2.45) is 5.92 Å². The van der Waals surface area contributed by atoms with Crippen LogP contribution in [0.3, 0.4) is 0 Å². The highest BCUT2D eigenvalue weighted by molar-refractivity contribution is 5.78. The summed E-state index contributed by atoms with van der Waals surface area (Å²) in [6.07, 6.45) is 8.55. The van der Waals surface area contributed by atoms with E-state index in [2.05, 4.69) is 4.98 Å². The lowest BCUT2D eigenvalue weighted by molar-refractivity contribution is -0.147. The Bertz CT molecular complexity index is 837. The second-order valence-corrected chi connectivity index (χ2v) is 8.40. The van der Waals surface area contributed by atoms with Gasteiger partial charge in [0.05, 0.1) is 18.6 Å². The number of rotatable bonds is 6. The first kappa shape index (κ1) is 20.8. The van der Waals surface area contributed by atoms with Crippen molar-refractivity contribution in [2.75, 3.05) is 26.3 Å². The van der Waals surface area contributed by atoms with Crippen molar-refractivity contribution in [3.05, 3.63) is 60.2 Å². The molecule has 0 N–H and O–H groups in total. The van der Waals surface area contributed by atoms with Gasteiger partial charge in [0.2, 0.25) is 5.91 Å². The summed E-state index contributed by atoms with van der Waals surface area (Å²) in [5.74, 6) is 1.20. The standard InChI is InChI=1S/C24H29FN2O3/c25-21-3-1-2-20(16-21)17-23(28)27-12-8-24(9-13-27)18-19(7-15-30-24)6-14-29-22-4-10-26-11-5-22/h1-5,10-11,16,19H,6-9,12-15,17-18H2. The molecule has 0 radical (unpaired) electrons. The molecule has 2 aliphatic rings. The Morgan fingerprint density at radius 2 is 2.03 bits per heavy atom. The van der Waals surface area contributed by atoms with Crippen LogP contribution in [0.15, 0.2) is 48.8 Å². The maximum atomic E-state index is 13.4. The number of piperidine rings is 1. The number of carbonyl (C=O) groups excluding carboxylic acids is 1. The van der Waals surface area contributed by atoms with E-state index in [0.717, 1.165) is 50.0 Å². The van der Waals surface area contributed by atoms with Gasteiger partial charge in [-0.25, -0.2) is 4.39 Å². The molecule has 0 aliphatic carbocycles. The van der Waals surface area contributed by atoms with Crippen molar-refractivity contribution in [3.63, 3.8) is 0 Å². The smallest absolute Gasteiger partial charge is 0.226 e. The maximum Gasteiger partial charge on any atom is 0.226 e. The Morgan fingerprint density at radius 3 is 2.80 bits per heavy atom. The quantitative estimate of drug-likeness (QED) is 0.719. The minimum atomic E-state index is -0.299. The summed E-state index contributed by atoms with van der Waals surface area (Å²) in [6, 6.07) is 10.0. The number of benzene rings is 1. The Balaban J connectivity index is 1.24. The van der Waals surface area contributed by atoms with Crippen LogP contribution in [0.4, 0.5) is 4.39 Å². The largest absolute Gasteiger partial charge is 0.493 e. The lowest BCUT2D eigenvalue weighted by Gasteiger charge is -2.46.